The number of benzene rings is 1. The number of alkyl halides is 1. The predicted octanol–water partition coefficient (Wildman–Crippen LogP) is 4.41. The zero-order valence-electron chi connectivity index (χ0n) is 21.6. The second-order valence-corrected chi connectivity index (χ2v) is 13.2. The monoisotopic (exact) mass is 522 g/mol. The predicted molar refractivity (Wildman–Crippen MR) is 143 cm³/mol. The van der Waals surface area contributed by atoms with Gasteiger partial charge in [-0.25, -0.2) is 4.98 Å². The first-order valence-corrected chi connectivity index (χ1v) is 13.8. The number of aromatic nitrogens is 1. The van der Waals surface area contributed by atoms with Gasteiger partial charge < -0.3 is 25.0 Å². The summed E-state index contributed by atoms with van der Waals surface area (Å²) in [6.45, 7) is 2.37. The molecule has 8 atom stereocenters. The lowest BCUT2D eigenvalue weighted by molar-refractivity contribution is -0.199. The van der Waals surface area contributed by atoms with Crippen LogP contribution in [0.1, 0.15) is 51.0 Å². The lowest BCUT2D eigenvalue weighted by Crippen LogP contribution is -2.68. The van der Waals surface area contributed by atoms with Crippen molar-refractivity contribution >= 4 is 27.9 Å². The summed E-state index contributed by atoms with van der Waals surface area (Å²) in [5, 5.41) is 33.9. The molecular formula is C30H35ClN2O4. The molecule has 3 fully saturated rings. The van der Waals surface area contributed by atoms with Gasteiger partial charge in [0.25, 0.3) is 0 Å². The van der Waals surface area contributed by atoms with Crippen LogP contribution in [0.3, 0.4) is 0 Å². The molecule has 3 heterocycles. The molecule has 2 saturated carbocycles. The smallest absolute Gasteiger partial charge is 0.211 e. The topological polar surface area (TPSA) is 86.1 Å². The third-order valence-corrected chi connectivity index (χ3v) is 11.3. The minimum atomic E-state index is -0.968. The van der Waals surface area contributed by atoms with Gasteiger partial charge in [0, 0.05) is 29.6 Å². The molecule has 2 aliphatic heterocycles. The van der Waals surface area contributed by atoms with Crippen molar-refractivity contribution in [3.63, 3.8) is 0 Å². The Morgan fingerprint density at radius 1 is 1.08 bits per heavy atom. The standard InChI is InChI=1S/C30H35ClN2O4/c1-27-8-10-29(31)14-21-25(35)26(36)22(33(2)3)15-28(21)9-11-30(29,37-28)23(27)7-6-20(27)18-5-4-17-13-24(34)32-16-19(17)12-18/h4-6,12-14,16,22-23,25-26,35-36H,7-11,15H2,1-3H3,(H,32,34)/t22-,23?,25+,26+,27+,28+,29?,30-/m0/s1. The molecule has 2 spiro atoms. The highest BCUT2D eigenvalue weighted by atomic mass is 35.5. The van der Waals surface area contributed by atoms with Gasteiger partial charge in [-0.1, -0.05) is 31.2 Å². The molecule has 7 heteroatoms. The Morgan fingerprint density at radius 3 is 2.68 bits per heavy atom. The van der Waals surface area contributed by atoms with Crippen molar-refractivity contribution in [1.29, 1.82) is 0 Å². The zero-order valence-corrected chi connectivity index (χ0v) is 22.4. The third kappa shape index (κ3) is 2.99. The Hall–Kier alpha value is -1.96. The lowest BCUT2D eigenvalue weighted by atomic mass is 9.54. The fraction of sp³-hybridized carbons (Fsp3) is 0.567. The molecule has 2 unspecified atom stereocenters. The van der Waals surface area contributed by atoms with E-state index in [0.717, 1.165) is 48.4 Å². The van der Waals surface area contributed by atoms with Crippen LogP contribution < -0.4 is 0 Å². The second kappa shape index (κ2) is 7.57. The number of fused-ring (bicyclic) bond motifs is 2. The number of ether oxygens (including phenoxy) is 1. The van der Waals surface area contributed by atoms with Crippen molar-refractivity contribution in [2.24, 2.45) is 11.3 Å². The summed E-state index contributed by atoms with van der Waals surface area (Å²) in [5.74, 6) is 0.250. The summed E-state index contributed by atoms with van der Waals surface area (Å²) in [6, 6.07) is 7.91. The van der Waals surface area contributed by atoms with Crippen LogP contribution in [0, 0.1) is 11.3 Å². The number of rotatable bonds is 2. The largest absolute Gasteiger partial charge is 0.493 e. The van der Waals surface area contributed by atoms with Gasteiger partial charge in [-0.15, -0.1) is 11.6 Å². The van der Waals surface area contributed by atoms with Crippen molar-refractivity contribution in [2.75, 3.05) is 14.1 Å². The van der Waals surface area contributed by atoms with Crippen molar-refractivity contribution in [1.82, 2.24) is 9.88 Å². The van der Waals surface area contributed by atoms with E-state index in [4.69, 9.17) is 16.3 Å². The first-order chi connectivity index (χ1) is 17.5. The minimum absolute atomic E-state index is 0.0334. The summed E-state index contributed by atoms with van der Waals surface area (Å²) < 4.78 is 7.26. The third-order valence-electron chi connectivity index (χ3n) is 10.7. The molecule has 0 amide bonds. The molecule has 0 radical (unpaired) electrons. The van der Waals surface area contributed by atoms with Gasteiger partial charge >= 0.3 is 0 Å². The lowest BCUT2D eigenvalue weighted by Gasteiger charge is -2.61. The molecule has 3 N–H and O–H groups in total. The van der Waals surface area contributed by atoms with Gasteiger partial charge in [-0.2, -0.15) is 0 Å². The number of hydrogen-bond donors (Lipinski definition) is 3. The molecule has 2 bridgehead atoms. The number of likely N-dealkylation sites (N-methyl/N-ethyl adjacent to an activating group) is 1. The van der Waals surface area contributed by atoms with E-state index in [0.29, 0.717) is 6.42 Å². The van der Waals surface area contributed by atoms with E-state index in [1.165, 1.54) is 11.1 Å². The molecular weight excluding hydrogens is 488 g/mol. The molecule has 6 nitrogen and oxygen atoms in total. The average Bonchev–Trinajstić information content (AvgIpc) is 3.39. The van der Waals surface area contributed by atoms with Gasteiger partial charge in [0.2, 0.25) is 5.88 Å². The Balaban J connectivity index is 1.29. The van der Waals surface area contributed by atoms with Crippen LogP contribution in [0.4, 0.5) is 0 Å². The number of hydrogen-bond acceptors (Lipinski definition) is 6. The number of aliphatic hydroxyl groups excluding tert-OH is 2. The van der Waals surface area contributed by atoms with E-state index in [1.54, 1.807) is 12.3 Å². The highest BCUT2D eigenvalue weighted by molar-refractivity contribution is 6.26. The molecule has 7 rings (SSSR count). The molecule has 1 aromatic heterocycles. The summed E-state index contributed by atoms with van der Waals surface area (Å²) in [4.78, 5) is 5.39. The van der Waals surface area contributed by atoms with Crippen LogP contribution in [0.2, 0.25) is 0 Å². The summed E-state index contributed by atoms with van der Waals surface area (Å²) in [7, 11) is 3.91. The summed E-state index contributed by atoms with van der Waals surface area (Å²) in [6.07, 6.45) is 9.28. The van der Waals surface area contributed by atoms with Crippen molar-refractivity contribution in [2.45, 2.75) is 79.8 Å². The minimum Gasteiger partial charge on any atom is -0.493 e. The molecule has 196 valence electrons. The van der Waals surface area contributed by atoms with Gasteiger partial charge in [0.05, 0.1) is 22.2 Å². The Labute approximate surface area is 222 Å². The maximum atomic E-state index is 11.2. The number of nitrogens with zero attached hydrogens (tertiary/aromatic N) is 2. The van der Waals surface area contributed by atoms with Crippen molar-refractivity contribution < 1.29 is 20.1 Å². The SMILES string of the molecule is CN(C)[C@H]1C[C@@]23CC[C@]4(O2)C2CC=C(c5ccc6cc(O)ncc6c5)[C@@]2(C)CCC4(Cl)C=C3[C@@H](O)[C@@H]1O. The van der Waals surface area contributed by atoms with Crippen molar-refractivity contribution in [3.8, 4) is 5.88 Å². The first-order valence-electron chi connectivity index (χ1n) is 13.5. The zero-order chi connectivity index (χ0) is 26.0. The maximum absolute atomic E-state index is 11.2. The average molecular weight is 523 g/mol. The first kappa shape index (κ1) is 24.1. The highest BCUT2D eigenvalue weighted by Gasteiger charge is 2.73. The Kier molecular flexibility index (Phi) is 4.94. The number of aliphatic hydroxyl groups is 2. The van der Waals surface area contributed by atoms with Crippen LogP contribution in [-0.4, -0.2) is 73.6 Å². The normalized spacial score (nSPS) is 44.3. The molecule has 3 aliphatic carbocycles. The van der Waals surface area contributed by atoms with Gasteiger partial charge in [-0.05, 0) is 86.2 Å². The van der Waals surface area contributed by atoms with Crippen LogP contribution >= 0.6 is 11.6 Å². The van der Waals surface area contributed by atoms with Gasteiger partial charge in [-0.3, -0.25) is 0 Å². The molecule has 37 heavy (non-hydrogen) atoms. The number of allylic oxidation sites excluding steroid dienone is 2. The van der Waals surface area contributed by atoms with E-state index in [1.807, 2.05) is 19.0 Å². The fourth-order valence-electron chi connectivity index (χ4n) is 8.73. The number of halogens is 1. The second-order valence-electron chi connectivity index (χ2n) is 12.5. The van der Waals surface area contributed by atoms with Crippen LogP contribution in [-0.2, 0) is 4.74 Å². The number of aromatic hydroxyl groups is 1. The molecule has 1 aromatic carbocycles. The summed E-state index contributed by atoms with van der Waals surface area (Å²) >= 11 is 7.54. The number of pyridine rings is 1. The van der Waals surface area contributed by atoms with E-state index < -0.39 is 28.3 Å². The van der Waals surface area contributed by atoms with Crippen LogP contribution in [0.25, 0.3) is 16.3 Å². The molecule has 5 aliphatic rings. The fourth-order valence-corrected chi connectivity index (χ4v) is 9.20. The quantitative estimate of drug-likeness (QED) is 0.400. The van der Waals surface area contributed by atoms with E-state index in [-0.39, 0.29) is 23.3 Å². The van der Waals surface area contributed by atoms with Crippen LogP contribution in [0.15, 0.2) is 48.2 Å². The van der Waals surface area contributed by atoms with Gasteiger partial charge in [0.15, 0.2) is 0 Å². The Morgan fingerprint density at radius 2 is 1.89 bits per heavy atom. The summed E-state index contributed by atoms with van der Waals surface area (Å²) in [5.41, 5.74) is 2.12. The van der Waals surface area contributed by atoms with Crippen molar-refractivity contribution in [3.05, 3.63) is 53.8 Å². The van der Waals surface area contributed by atoms with Crippen LogP contribution in [0.5, 0.6) is 5.88 Å². The van der Waals surface area contributed by atoms with Gasteiger partial charge in [0.1, 0.15) is 6.10 Å². The highest BCUT2D eigenvalue weighted by Crippen LogP contribution is 2.71. The molecule has 1 saturated heterocycles. The Bertz CT molecular complexity index is 1370. The maximum Gasteiger partial charge on any atom is 0.211 e. The van der Waals surface area contributed by atoms with E-state index in [9.17, 15) is 15.3 Å². The van der Waals surface area contributed by atoms with E-state index >= 15 is 0 Å². The van der Waals surface area contributed by atoms with E-state index in [2.05, 4.69) is 42.3 Å². The molecule has 2 aromatic rings.